The summed E-state index contributed by atoms with van der Waals surface area (Å²) >= 11 is 1.90. The lowest BCUT2D eigenvalue weighted by Gasteiger charge is -2.30. The Morgan fingerprint density at radius 2 is 2.00 bits per heavy atom. The summed E-state index contributed by atoms with van der Waals surface area (Å²) in [5, 5.41) is 9.76. The molecule has 1 saturated carbocycles. The first-order valence-electron chi connectivity index (χ1n) is 6.51. The molecule has 0 atom stereocenters. The van der Waals surface area contributed by atoms with Crippen molar-refractivity contribution < 1.29 is 9.90 Å². The molecule has 0 aromatic carbocycles. The lowest BCUT2D eigenvalue weighted by Crippen LogP contribution is -2.25. The molecular formula is C14H19NO3S. The van der Waals surface area contributed by atoms with Crippen molar-refractivity contribution in [3.05, 3.63) is 33.7 Å². The number of carbonyl (C=O) groups is 1. The van der Waals surface area contributed by atoms with Gasteiger partial charge in [0.25, 0.3) is 0 Å². The lowest BCUT2D eigenvalue weighted by molar-refractivity contribution is 0.0694. The molecule has 1 heterocycles. The fourth-order valence-corrected chi connectivity index (χ4v) is 3.50. The number of hydrogen-bond acceptors (Lipinski definition) is 3. The second-order valence-corrected chi connectivity index (χ2v) is 6.21. The molecule has 19 heavy (non-hydrogen) atoms. The van der Waals surface area contributed by atoms with E-state index in [1.807, 2.05) is 23.3 Å². The third-order valence-corrected chi connectivity index (χ3v) is 5.02. The Labute approximate surface area is 116 Å². The van der Waals surface area contributed by atoms with Crippen molar-refractivity contribution in [2.75, 3.05) is 6.26 Å². The van der Waals surface area contributed by atoms with Crippen LogP contribution in [-0.4, -0.2) is 27.1 Å². The van der Waals surface area contributed by atoms with Gasteiger partial charge in [0.2, 0.25) is 0 Å². The zero-order valence-corrected chi connectivity index (χ0v) is 12.1. The average molecular weight is 281 g/mol. The van der Waals surface area contributed by atoms with Crippen LogP contribution in [0.4, 0.5) is 0 Å². The first kappa shape index (κ1) is 14.2. The number of hydrogen-bond donors (Lipinski definition) is 1. The van der Waals surface area contributed by atoms with Gasteiger partial charge in [-0.05, 0) is 38.9 Å². The number of carboxylic acids is 1. The molecule has 2 rings (SSSR count). The minimum absolute atomic E-state index is 0.127. The van der Waals surface area contributed by atoms with Crippen LogP contribution in [0.15, 0.2) is 17.1 Å². The molecule has 1 aliphatic rings. The maximum atomic E-state index is 11.6. The third-order valence-electron chi connectivity index (χ3n) is 3.88. The number of carboxylic acid groups (broad SMARTS) is 1. The normalized spacial score (nSPS) is 23.3. The predicted molar refractivity (Wildman–Crippen MR) is 77.2 cm³/mol. The highest BCUT2D eigenvalue weighted by Crippen LogP contribution is 2.34. The minimum Gasteiger partial charge on any atom is -0.477 e. The van der Waals surface area contributed by atoms with Gasteiger partial charge >= 0.3 is 5.97 Å². The van der Waals surface area contributed by atoms with Crippen LogP contribution in [-0.2, 0) is 0 Å². The maximum Gasteiger partial charge on any atom is 0.341 e. The highest BCUT2D eigenvalue weighted by molar-refractivity contribution is 7.99. The largest absolute Gasteiger partial charge is 0.477 e. The van der Waals surface area contributed by atoms with Crippen molar-refractivity contribution in [1.29, 1.82) is 0 Å². The van der Waals surface area contributed by atoms with Crippen molar-refractivity contribution in [1.82, 2.24) is 4.57 Å². The molecule has 1 N–H and O–H groups in total. The Morgan fingerprint density at radius 3 is 2.53 bits per heavy atom. The van der Waals surface area contributed by atoms with E-state index in [1.165, 1.54) is 12.3 Å². The monoisotopic (exact) mass is 281 g/mol. The molecule has 0 radical (unpaired) electrons. The van der Waals surface area contributed by atoms with Crippen LogP contribution in [0.5, 0.6) is 0 Å². The Balaban J connectivity index is 2.28. The van der Waals surface area contributed by atoms with E-state index in [-0.39, 0.29) is 5.56 Å². The summed E-state index contributed by atoms with van der Waals surface area (Å²) in [7, 11) is 0. The van der Waals surface area contributed by atoms with Crippen LogP contribution in [0.2, 0.25) is 0 Å². The van der Waals surface area contributed by atoms with Crippen molar-refractivity contribution in [2.24, 2.45) is 0 Å². The minimum atomic E-state index is -1.14. The van der Waals surface area contributed by atoms with Crippen LogP contribution in [0.1, 0.15) is 47.8 Å². The number of aryl methyl sites for hydroxylation is 1. The van der Waals surface area contributed by atoms with E-state index in [0.29, 0.717) is 6.04 Å². The molecule has 0 amide bonds. The van der Waals surface area contributed by atoms with E-state index in [1.54, 1.807) is 0 Å². The number of rotatable bonds is 3. The number of aromatic nitrogens is 1. The summed E-state index contributed by atoms with van der Waals surface area (Å²) in [5.41, 5.74) is 0.319. The van der Waals surface area contributed by atoms with Crippen LogP contribution < -0.4 is 5.43 Å². The van der Waals surface area contributed by atoms with E-state index in [0.717, 1.165) is 36.6 Å². The zero-order chi connectivity index (χ0) is 14.0. The smallest absolute Gasteiger partial charge is 0.341 e. The predicted octanol–water partition coefficient (Wildman–Crippen LogP) is 2.70. The van der Waals surface area contributed by atoms with Crippen molar-refractivity contribution in [2.45, 2.75) is 43.9 Å². The summed E-state index contributed by atoms with van der Waals surface area (Å²) in [4.78, 5) is 22.7. The first-order valence-corrected chi connectivity index (χ1v) is 7.80. The van der Waals surface area contributed by atoms with Crippen molar-refractivity contribution >= 4 is 17.7 Å². The summed E-state index contributed by atoms with van der Waals surface area (Å²) < 4.78 is 1.97. The molecule has 5 heteroatoms. The van der Waals surface area contributed by atoms with Gasteiger partial charge in [0.15, 0.2) is 5.43 Å². The SMILES string of the molecule is CSC1CCC(n2cc(C(=O)O)c(=O)cc2C)CC1. The van der Waals surface area contributed by atoms with Gasteiger partial charge in [-0.1, -0.05) is 0 Å². The summed E-state index contributed by atoms with van der Waals surface area (Å²) in [6, 6.07) is 1.76. The Bertz CT molecular complexity index is 530. The van der Waals surface area contributed by atoms with Gasteiger partial charge in [-0.2, -0.15) is 11.8 Å². The summed E-state index contributed by atoms with van der Waals surface area (Å²) in [6.07, 6.45) is 8.06. The second-order valence-electron chi connectivity index (χ2n) is 5.07. The molecule has 1 aromatic rings. The maximum absolute atomic E-state index is 11.6. The van der Waals surface area contributed by atoms with Crippen molar-refractivity contribution in [3.8, 4) is 0 Å². The van der Waals surface area contributed by atoms with Gasteiger partial charge in [0, 0.05) is 29.2 Å². The lowest BCUT2D eigenvalue weighted by atomic mass is 9.94. The molecule has 1 fully saturated rings. The van der Waals surface area contributed by atoms with Gasteiger partial charge < -0.3 is 9.67 Å². The Hall–Kier alpha value is -1.23. The fraction of sp³-hybridized carbons (Fsp3) is 0.571. The number of nitrogens with zero attached hydrogens (tertiary/aromatic N) is 1. The molecule has 0 spiro atoms. The molecular weight excluding hydrogens is 262 g/mol. The van der Waals surface area contributed by atoms with E-state index >= 15 is 0 Å². The summed E-state index contributed by atoms with van der Waals surface area (Å²) in [5.74, 6) is -1.14. The van der Waals surface area contributed by atoms with E-state index < -0.39 is 11.4 Å². The van der Waals surface area contributed by atoms with Gasteiger partial charge in [-0.3, -0.25) is 4.79 Å². The number of aromatic carboxylic acids is 1. The Kier molecular flexibility index (Phi) is 4.34. The summed E-state index contributed by atoms with van der Waals surface area (Å²) in [6.45, 7) is 1.87. The van der Waals surface area contributed by atoms with E-state index in [2.05, 4.69) is 6.26 Å². The standard InChI is InChI=1S/C14H19NO3S/c1-9-7-13(16)12(14(17)18)8-15(9)10-3-5-11(19-2)6-4-10/h7-8,10-11H,3-6H2,1-2H3,(H,17,18). The van der Waals surface area contributed by atoms with Crippen LogP contribution in [0, 0.1) is 6.92 Å². The van der Waals surface area contributed by atoms with Gasteiger partial charge in [-0.25, -0.2) is 4.79 Å². The Morgan fingerprint density at radius 1 is 1.37 bits per heavy atom. The van der Waals surface area contributed by atoms with Crippen LogP contribution >= 0.6 is 11.8 Å². The van der Waals surface area contributed by atoms with Crippen LogP contribution in [0.3, 0.4) is 0 Å². The van der Waals surface area contributed by atoms with Gasteiger partial charge in [-0.15, -0.1) is 0 Å². The molecule has 0 saturated heterocycles. The van der Waals surface area contributed by atoms with E-state index in [4.69, 9.17) is 5.11 Å². The highest BCUT2D eigenvalue weighted by Gasteiger charge is 2.23. The number of thioether (sulfide) groups is 1. The highest BCUT2D eigenvalue weighted by atomic mass is 32.2. The molecule has 0 unspecified atom stereocenters. The second kappa shape index (κ2) is 5.82. The quantitative estimate of drug-likeness (QED) is 0.925. The first-order chi connectivity index (χ1) is 9.02. The average Bonchev–Trinajstić information content (AvgIpc) is 2.38. The van der Waals surface area contributed by atoms with Gasteiger partial charge in [0.05, 0.1) is 0 Å². The fourth-order valence-electron chi connectivity index (χ4n) is 2.76. The molecule has 4 nitrogen and oxygen atoms in total. The zero-order valence-electron chi connectivity index (χ0n) is 11.3. The van der Waals surface area contributed by atoms with E-state index in [9.17, 15) is 9.59 Å². The topological polar surface area (TPSA) is 59.3 Å². The number of pyridine rings is 1. The van der Waals surface area contributed by atoms with Crippen LogP contribution in [0.25, 0.3) is 0 Å². The molecule has 0 aliphatic heterocycles. The molecule has 104 valence electrons. The molecule has 1 aromatic heterocycles. The van der Waals surface area contributed by atoms with Crippen molar-refractivity contribution in [3.63, 3.8) is 0 Å². The third kappa shape index (κ3) is 3.03. The molecule has 0 bridgehead atoms. The molecule has 1 aliphatic carbocycles. The van der Waals surface area contributed by atoms with Gasteiger partial charge in [0.1, 0.15) is 5.56 Å².